The molecule has 1 N–H and O–H groups in total. The molecule has 0 aromatic rings. The van der Waals surface area contributed by atoms with E-state index in [1.807, 2.05) is 0 Å². The molecule has 1 nitrogen and oxygen atoms in total. The Labute approximate surface area is 87.9 Å². The predicted molar refractivity (Wildman–Crippen MR) is 59.1 cm³/mol. The summed E-state index contributed by atoms with van der Waals surface area (Å²) in [5.74, 6) is 2.48. The van der Waals surface area contributed by atoms with Gasteiger partial charge in [0.25, 0.3) is 0 Å². The summed E-state index contributed by atoms with van der Waals surface area (Å²) in [5, 5.41) is 10.2. The van der Waals surface area contributed by atoms with Gasteiger partial charge in [0.2, 0.25) is 0 Å². The van der Waals surface area contributed by atoms with Crippen LogP contribution < -0.4 is 0 Å². The molecule has 0 aromatic heterocycles. The molecule has 0 spiro atoms. The molecule has 1 heteroatoms. The Kier molecular flexibility index (Phi) is 2.88. The van der Waals surface area contributed by atoms with Crippen LogP contribution in [0.1, 0.15) is 58.8 Å². The van der Waals surface area contributed by atoms with E-state index in [0.29, 0.717) is 0 Å². The molecule has 0 aromatic carbocycles. The van der Waals surface area contributed by atoms with Crippen molar-refractivity contribution in [2.75, 3.05) is 0 Å². The van der Waals surface area contributed by atoms with E-state index in [1.54, 1.807) is 0 Å². The second kappa shape index (κ2) is 3.84. The molecule has 2 rings (SSSR count). The number of hydrogen-bond donors (Lipinski definition) is 1. The van der Waals surface area contributed by atoms with E-state index in [4.69, 9.17) is 0 Å². The Morgan fingerprint density at radius 3 is 2.43 bits per heavy atom. The van der Waals surface area contributed by atoms with Gasteiger partial charge in [-0.1, -0.05) is 33.1 Å². The Balaban J connectivity index is 1.79. The van der Waals surface area contributed by atoms with Crippen LogP contribution in [0.4, 0.5) is 0 Å². The van der Waals surface area contributed by atoms with Crippen LogP contribution in [0.5, 0.6) is 0 Å². The first kappa shape index (κ1) is 10.5. The maximum absolute atomic E-state index is 10.2. The third-order valence-electron chi connectivity index (χ3n) is 4.17. The lowest BCUT2D eigenvalue weighted by molar-refractivity contribution is -0.0882. The van der Waals surface area contributed by atoms with Gasteiger partial charge >= 0.3 is 0 Å². The summed E-state index contributed by atoms with van der Waals surface area (Å²) >= 11 is 0. The Morgan fingerprint density at radius 1 is 1.14 bits per heavy atom. The highest BCUT2D eigenvalue weighted by Gasteiger charge is 2.41. The fraction of sp³-hybridized carbons (Fsp3) is 1.00. The van der Waals surface area contributed by atoms with Gasteiger partial charge < -0.3 is 5.11 Å². The van der Waals surface area contributed by atoms with Crippen LogP contribution in [0.3, 0.4) is 0 Å². The van der Waals surface area contributed by atoms with E-state index in [-0.39, 0.29) is 5.60 Å². The van der Waals surface area contributed by atoms with Crippen LogP contribution in [0.15, 0.2) is 0 Å². The minimum absolute atomic E-state index is 0.263. The van der Waals surface area contributed by atoms with Gasteiger partial charge in [-0.05, 0) is 43.4 Å². The molecule has 2 aliphatic rings. The van der Waals surface area contributed by atoms with Crippen LogP contribution in [0, 0.1) is 17.8 Å². The molecule has 0 radical (unpaired) electrons. The summed E-state index contributed by atoms with van der Waals surface area (Å²) < 4.78 is 0. The van der Waals surface area contributed by atoms with Crippen molar-refractivity contribution in [3.63, 3.8) is 0 Å². The fourth-order valence-electron chi connectivity index (χ4n) is 3.69. The van der Waals surface area contributed by atoms with Crippen molar-refractivity contribution in [1.82, 2.24) is 0 Å². The summed E-state index contributed by atoms with van der Waals surface area (Å²) in [6, 6.07) is 0. The molecule has 2 aliphatic carbocycles. The number of aliphatic hydroxyl groups is 1. The molecule has 0 saturated heterocycles. The van der Waals surface area contributed by atoms with Crippen LogP contribution in [0.2, 0.25) is 0 Å². The van der Waals surface area contributed by atoms with Crippen molar-refractivity contribution in [1.29, 1.82) is 0 Å². The smallest absolute Gasteiger partial charge is 0.0655 e. The summed E-state index contributed by atoms with van der Waals surface area (Å²) in [6.45, 7) is 4.61. The highest BCUT2D eigenvalue weighted by atomic mass is 16.3. The highest BCUT2D eigenvalue weighted by molar-refractivity contribution is 4.94. The zero-order valence-corrected chi connectivity index (χ0v) is 9.63. The summed E-state index contributed by atoms with van der Waals surface area (Å²) in [5.41, 5.74) is -0.263. The lowest BCUT2D eigenvalue weighted by Gasteiger charge is -2.45. The molecule has 0 amide bonds. The van der Waals surface area contributed by atoms with E-state index < -0.39 is 0 Å². The van der Waals surface area contributed by atoms with E-state index in [9.17, 15) is 5.11 Å². The fourth-order valence-corrected chi connectivity index (χ4v) is 3.69. The molecule has 0 bridgehead atoms. The molecule has 2 saturated carbocycles. The third-order valence-corrected chi connectivity index (χ3v) is 4.17. The third kappa shape index (κ3) is 2.31. The van der Waals surface area contributed by atoms with Gasteiger partial charge in [0, 0.05) is 0 Å². The van der Waals surface area contributed by atoms with Crippen LogP contribution in [-0.4, -0.2) is 10.7 Å². The van der Waals surface area contributed by atoms with E-state index >= 15 is 0 Å². The molecule has 0 heterocycles. The lowest BCUT2D eigenvalue weighted by Crippen LogP contribution is -2.44. The first-order chi connectivity index (χ1) is 6.57. The van der Waals surface area contributed by atoms with Crippen molar-refractivity contribution in [3.8, 4) is 0 Å². The average molecular weight is 196 g/mol. The van der Waals surface area contributed by atoms with Crippen LogP contribution >= 0.6 is 0 Å². The molecule has 0 aliphatic heterocycles. The highest BCUT2D eigenvalue weighted by Crippen LogP contribution is 2.44. The normalized spacial score (nSPS) is 48.6. The average Bonchev–Trinajstić information content (AvgIpc) is 2.00. The standard InChI is InChI=1S/C13H24O/c1-10-4-3-5-12(6-10)9-13(14)7-11(2)8-13/h10-12,14H,3-9H2,1-2H3. The maximum Gasteiger partial charge on any atom is 0.0655 e. The molecular formula is C13H24O. The maximum atomic E-state index is 10.2. The Bertz CT molecular complexity index is 193. The SMILES string of the molecule is CC1CCCC(CC2(O)CC(C)C2)C1. The molecule has 2 fully saturated rings. The molecule has 82 valence electrons. The van der Waals surface area contributed by atoms with Gasteiger partial charge in [-0.25, -0.2) is 0 Å². The monoisotopic (exact) mass is 196 g/mol. The molecule has 2 atom stereocenters. The summed E-state index contributed by atoms with van der Waals surface area (Å²) in [7, 11) is 0. The minimum atomic E-state index is -0.263. The van der Waals surface area contributed by atoms with Gasteiger partial charge in [-0.3, -0.25) is 0 Å². The van der Waals surface area contributed by atoms with Crippen molar-refractivity contribution in [2.24, 2.45) is 17.8 Å². The topological polar surface area (TPSA) is 20.2 Å². The molecular weight excluding hydrogens is 172 g/mol. The van der Waals surface area contributed by atoms with Gasteiger partial charge in [0.1, 0.15) is 0 Å². The van der Waals surface area contributed by atoms with Gasteiger partial charge in [0.05, 0.1) is 5.60 Å². The Hall–Kier alpha value is -0.0400. The number of rotatable bonds is 2. The minimum Gasteiger partial charge on any atom is -0.390 e. The lowest BCUT2D eigenvalue weighted by atomic mass is 9.65. The van der Waals surface area contributed by atoms with E-state index in [2.05, 4.69) is 13.8 Å². The molecule has 14 heavy (non-hydrogen) atoms. The Morgan fingerprint density at radius 2 is 1.86 bits per heavy atom. The van der Waals surface area contributed by atoms with Gasteiger partial charge in [0.15, 0.2) is 0 Å². The van der Waals surface area contributed by atoms with Crippen molar-refractivity contribution in [3.05, 3.63) is 0 Å². The molecule has 2 unspecified atom stereocenters. The summed E-state index contributed by atoms with van der Waals surface area (Å²) in [4.78, 5) is 0. The van der Waals surface area contributed by atoms with Crippen molar-refractivity contribution < 1.29 is 5.11 Å². The quantitative estimate of drug-likeness (QED) is 0.718. The first-order valence-electron chi connectivity index (χ1n) is 6.30. The van der Waals surface area contributed by atoms with Gasteiger partial charge in [-0.2, -0.15) is 0 Å². The number of hydrogen-bond acceptors (Lipinski definition) is 1. The van der Waals surface area contributed by atoms with E-state index in [1.165, 1.54) is 25.7 Å². The summed E-state index contributed by atoms with van der Waals surface area (Å²) in [6.07, 6.45) is 8.71. The first-order valence-corrected chi connectivity index (χ1v) is 6.30. The zero-order valence-electron chi connectivity index (χ0n) is 9.63. The second-order valence-electron chi connectivity index (χ2n) is 6.08. The largest absolute Gasteiger partial charge is 0.390 e. The second-order valence-corrected chi connectivity index (χ2v) is 6.08. The van der Waals surface area contributed by atoms with Crippen molar-refractivity contribution >= 4 is 0 Å². The van der Waals surface area contributed by atoms with Crippen molar-refractivity contribution in [2.45, 2.75) is 64.4 Å². The zero-order chi connectivity index (χ0) is 10.2. The van der Waals surface area contributed by atoms with E-state index in [0.717, 1.165) is 37.0 Å². The van der Waals surface area contributed by atoms with Crippen LogP contribution in [0.25, 0.3) is 0 Å². The van der Waals surface area contributed by atoms with Gasteiger partial charge in [-0.15, -0.1) is 0 Å². The predicted octanol–water partition coefficient (Wildman–Crippen LogP) is 3.36. The van der Waals surface area contributed by atoms with Crippen LogP contribution in [-0.2, 0) is 0 Å².